The third kappa shape index (κ3) is 3.63. The molecule has 7 nitrogen and oxygen atoms in total. The molecule has 0 saturated carbocycles. The summed E-state index contributed by atoms with van der Waals surface area (Å²) in [5, 5.41) is 11.7. The number of nitrogens with one attached hydrogen (secondary N) is 3. The Hall–Kier alpha value is -2.70. The van der Waals surface area contributed by atoms with E-state index >= 15 is 0 Å². The van der Waals surface area contributed by atoms with Crippen LogP contribution < -0.4 is 10.6 Å². The Morgan fingerprint density at radius 2 is 2.00 bits per heavy atom. The van der Waals surface area contributed by atoms with Crippen molar-refractivity contribution in [3.8, 4) is 0 Å². The van der Waals surface area contributed by atoms with Crippen molar-refractivity contribution in [2.75, 3.05) is 5.32 Å². The Morgan fingerprint density at radius 3 is 2.58 bits per heavy atom. The molecule has 0 unspecified atom stereocenters. The monoisotopic (exact) mass is 259 g/mol. The lowest BCUT2D eigenvalue weighted by Crippen LogP contribution is -2.23. The van der Waals surface area contributed by atoms with Crippen molar-refractivity contribution < 1.29 is 9.59 Å². The zero-order chi connectivity index (χ0) is 13.7. The van der Waals surface area contributed by atoms with Crippen molar-refractivity contribution >= 4 is 17.5 Å². The molecule has 1 aromatic carbocycles. The Morgan fingerprint density at radius 1 is 1.26 bits per heavy atom. The lowest BCUT2D eigenvalue weighted by atomic mass is 10.2. The fraction of sp³-hybridized carbons (Fsp3) is 0.167. The molecule has 2 aromatic rings. The van der Waals surface area contributed by atoms with Crippen molar-refractivity contribution in [2.24, 2.45) is 0 Å². The molecule has 3 N–H and O–H groups in total. The number of rotatable bonds is 4. The first-order valence-electron chi connectivity index (χ1n) is 5.65. The van der Waals surface area contributed by atoms with E-state index in [1.807, 2.05) is 0 Å². The van der Waals surface area contributed by atoms with Gasteiger partial charge in [0.15, 0.2) is 0 Å². The maximum atomic E-state index is 11.8. The van der Waals surface area contributed by atoms with Crippen LogP contribution in [0.2, 0.25) is 0 Å². The van der Waals surface area contributed by atoms with Crippen LogP contribution >= 0.6 is 0 Å². The summed E-state index contributed by atoms with van der Waals surface area (Å²) in [7, 11) is 0. The number of amides is 2. The highest BCUT2D eigenvalue weighted by Gasteiger charge is 2.06. The zero-order valence-electron chi connectivity index (χ0n) is 10.3. The number of benzene rings is 1. The number of nitrogens with zero attached hydrogens (tertiary/aromatic N) is 2. The maximum absolute atomic E-state index is 11.8. The van der Waals surface area contributed by atoms with Gasteiger partial charge < -0.3 is 10.6 Å². The number of H-pyrrole nitrogens is 1. The predicted octanol–water partition coefficient (Wildman–Crippen LogP) is 0.693. The first kappa shape index (κ1) is 12.7. The summed E-state index contributed by atoms with van der Waals surface area (Å²) in [6, 6.07) is 6.62. The number of aromatic amines is 1. The first-order chi connectivity index (χ1) is 9.15. The Labute approximate surface area is 109 Å². The van der Waals surface area contributed by atoms with Crippen LogP contribution in [0.3, 0.4) is 0 Å². The van der Waals surface area contributed by atoms with E-state index in [-0.39, 0.29) is 18.4 Å². The molecule has 0 saturated heterocycles. The number of hydrogen-bond donors (Lipinski definition) is 3. The fourth-order valence-electron chi connectivity index (χ4n) is 1.49. The fourth-order valence-corrected chi connectivity index (χ4v) is 1.49. The van der Waals surface area contributed by atoms with Crippen molar-refractivity contribution in [2.45, 2.75) is 13.5 Å². The molecular weight excluding hydrogens is 246 g/mol. The van der Waals surface area contributed by atoms with Crippen LogP contribution in [0.4, 0.5) is 5.69 Å². The largest absolute Gasteiger partial charge is 0.345 e. The van der Waals surface area contributed by atoms with Crippen molar-refractivity contribution in [3.63, 3.8) is 0 Å². The van der Waals surface area contributed by atoms with Gasteiger partial charge in [-0.2, -0.15) is 5.10 Å². The van der Waals surface area contributed by atoms with Crippen LogP contribution in [-0.2, 0) is 11.3 Å². The molecule has 19 heavy (non-hydrogen) atoms. The summed E-state index contributed by atoms with van der Waals surface area (Å²) < 4.78 is 0. The topological polar surface area (TPSA) is 99.8 Å². The molecule has 1 heterocycles. The van der Waals surface area contributed by atoms with Crippen LogP contribution in [0.15, 0.2) is 30.6 Å². The van der Waals surface area contributed by atoms with Gasteiger partial charge in [-0.3, -0.25) is 14.7 Å². The molecule has 0 radical (unpaired) electrons. The third-order valence-corrected chi connectivity index (χ3v) is 2.35. The molecule has 0 aliphatic carbocycles. The van der Waals surface area contributed by atoms with Crippen LogP contribution in [-0.4, -0.2) is 27.0 Å². The van der Waals surface area contributed by atoms with Gasteiger partial charge in [-0.05, 0) is 24.3 Å². The summed E-state index contributed by atoms with van der Waals surface area (Å²) in [5.41, 5.74) is 1.16. The average molecular weight is 259 g/mol. The Bertz CT molecular complexity index is 562. The van der Waals surface area contributed by atoms with Gasteiger partial charge in [0.2, 0.25) is 5.91 Å². The molecule has 0 atom stereocenters. The van der Waals surface area contributed by atoms with E-state index in [2.05, 4.69) is 25.8 Å². The van der Waals surface area contributed by atoms with Crippen molar-refractivity contribution in [1.29, 1.82) is 0 Å². The summed E-state index contributed by atoms with van der Waals surface area (Å²) in [5.74, 6) is 0.219. The van der Waals surface area contributed by atoms with Gasteiger partial charge in [0.25, 0.3) is 5.91 Å². The molecule has 2 rings (SSSR count). The van der Waals surface area contributed by atoms with E-state index in [4.69, 9.17) is 0 Å². The van der Waals surface area contributed by atoms with Crippen LogP contribution in [0, 0.1) is 0 Å². The number of anilines is 1. The summed E-state index contributed by atoms with van der Waals surface area (Å²) in [4.78, 5) is 26.6. The van der Waals surface area contributed by atoms with Crippen LogP contribution in [0.25, 0.3) is 0 Å². The maximum Gasteiger partial charge on any atom is 0.251 e. The second-order valence-corrected chi connectivity index (χ2v) is 3.87. The molecule has 2 amide bonds. The van der Waals surface area contributed by atoms with Crippen LogP contribution in [0.5, 0.6) is 0 Å². The van der Waals surface area contributed by atoms with Crippen molar-refractivity contribution in [3.05, 3.63) is 42.0 Å². The molecule has 0 aliphatic rings. The van der Waals surface area contributed by atoms with E-state index in [0.29, 0.717) is 17.1 Å². The summed E-state index contributed by atoms with van der Waals surface area (Å²) in [6.45, 7) is 1.71. The van der Waals surface area contributed by atoms with E-state index in [1.165, 1.54) is 13.3 Å². The van der Waals surface area contributed by atoms with E-state index in [0.717, 1.165) is 0 Å². The Balaban J connectivity index is 1.93. The number of carbonyl (C=O) groups is 2. The van der Waals surface area contributed by atoms with Gasteiger partial charge in [-0.1, -0.05) is 0 Å². The molecule has 0 fully saturated rings. The molecule has 1 aromatic heterocycles. The predicted molar refractivity (Wildman–Crippen MR) is 68.3 cm³/mol. The number of hydrogen-bond acceptors (Lipinski definition) is 4. The van der Waals surface area contributed by atoms with Gasteiger partial charge in [-0.25, -0.2) is 4.98 Å². The summed E-state index contributed by atoms with van der Waals surface area (Å²) in [6.07, 6.45) is 1.38. The minimum atomic E-state index is -0.217. The second-order valence-electron chi connectivity index (χ2n) is 3.87. The van der Waals surface area contributed by atoms with Crippen molar-refractivity contribution in [1.82, 2.24) is 20.5 Å². The van der Waals surface area contributed by atoms with Gasteiger partial charge in [0.1, 0.15) is 12.2 Å². The third-order valence-electron chi connectivity index (χ3n) is 2.35. The molecule has 0 aliphatic heterocycles. The number of aromatic nitrogens is 3. The van der Waals surface area contributed by atoms with Crippen LogP contribution in [0.1, 0.15) is 23.1 Å². The highest BCUT2D eigenvalue weighted by atomic mass is 16.2. The molecule has 0 bridgehead atoms. The first-order valence-corrected chi connectivity index (χ1v) is 5.65. The Kier molecular flexibility index (Phi) is 3.87. The normalized spacial score (nSPS) is 9.95. The smallest absolute Gasteiger partial charge is 0.251 e. The summed E-state index contributed by atoms with van der Waals surface area (Å²) >= 11 is 0. The number of carbonyl (C=O) groups excluding carboxylic acids is 2. The zero-order valence-corrected chi connectivity index (χ0v) is 10.3. The lowest BCUT2D eigenvalue weighted by Gasteiger charge is -2.05. The van der Waals surface area contributed by atoms with E-state index in [9.17, 15) is 9.59 Å². The SMILES string of the molecule is CC(=O)Nc1ccc(C(=O)NCc2ncn[nH]2)cc1. The lowest BCUT2D eigenvalue weighted by molar-refractivity contribution is -0.114. The molecule has 7 heteroatoms. The van der Waals surface area contributed by atoms with Gasteiger partial charge in [0.05, 0.1) is 6.54 Å². The van der Waals surface area contributed by atoms with Gasteiger partial charge in [0, 0.05) is 18.2 Å². The molecule has 0 spiro atoms. The second kappa shape index (κ2) is 5.76. The molecule has 98 valence electrons. The van der Waals surface area contributed by atoms with Gasteiger partial charge >= 0.3 is 0 Å². The highest BCUT2D eigenvalue weighted by Crippen LogP contribution is 2.09. The quantitative estimate of drug-likeness (QED) is 0.752. The van der Waals surface area contributed by atoms with E-state index < -0.39 is 0 Å². The minimum absolute atomic E-state index is 0.150. The molecular formula is C12H13N5O2. The van der Waals surface area contributed by atoms with Gasteiger partial charge in [-0.15, -0.1) is 0 Å². The minimum Gasteiger partial charge on any atom is -0.345 e. The average Bonchev–Trinajstić information content (AvgIpc) is 2.89. The van der Waals surface area contributed by atoms with E-state index in [1.54, 1.807) is 24.3 Å². The standard InChI is InChI=1S/C12H13N5O2/c1-8(18)16-10-4-2-9(3-5-10)12(19)13-6-11-14-7-15-17-11/h2-5,7H,6H2,1H3,(H,13,19)(H,16,18)(H,14,15,17). The highest BCUT2D eigenvalue weighted by molar-refractivity contribution is 5.95.